The van der Waals surface area contributed by atoms with Crippen LogP contribution in [-0.2, 0) is 0 Å². The Hall–Kier alpha value is -0.0800. The molecule has 80 valence electrons. The highest BCUT2D eigenvalue weighted by Crippen LogP contribution is 2.38. The lowest BCUT2D eigenvalue weighted by atomic mass is 9.87. The molecule has 0 aromatic carbocycles. The van der Waals surface area contributed by atoms with Gasteiger partial charge in [0.1, 0.15) is 0 Å². The van der Waals surface area contributed by atoms with Crippen LogP contribution in [0.3, 0.4) is 0 Å². The molecular formula is C12H22N2. The molecule has 3 aliphatic rings. The van der Waals surface area contributed by atoms with E-state index in [1.165, 1.54) is 64.6 Å². The first kappa shape index (κ1) is 9.17. The maximum Gasteiger partial charge on any atom is 0.0312 e. The van der Waals surface area contributed by atoms with Crippen molar-refractivity contribution >= 4 is 0 Å². The maximum atomic E-state index is 3.85. The highest BCUT2D eigenvalue weighted by Gasteiger charge is 2.44. The smallest absolute Gasteiger partial charge is 0.0312 e. The van der Waals surface area contributed by atoms with Crippen molar-refractivity contribution in [3.63, 3.8) is 0 Å². The molecule has 2 nitrogen and oxygen atoms in total. The van der Waals surface area contributed by atoms with Crippen molar-refractivity contribution in [1.82, 2.24) is 10.2 Å². The van der Waals surface area contributed by atoms with E-state index >= 15 is 0 Å². The number of hydrogen-bond acceptors (Lipinski definition) is 2. The first-order valence-electron chi connectivity index (χ1n) is 6.36. The Morgan fingerprint density at radius 3 is 2.36 bits per heavy atom. The molecule has 3 heterocycles. The van der Waals surface area contributed by atoms with Crippen molar-refractivity contribution < 1.29 is 0 Å². The van der Waals surface area contributed by atoms with E-state index in [0.29, 0.717) is 5.54 Å². The minimum Gasteiger partial charge on any atom is -0.307 e. The first-order valence-corrected chi connectivity index (χ1v) is 6.36. The van der Waals surface area contributed by atoms with Gasteiger partial charge >= 0.3 is 0 Å². The number of piperidine rings is 1. The average Bonchev–Trinajstić information content (AvgIpc) is 2.78. The molecule has 0 aliphatic carbocycles. The van der Waals surface area contributed by atoms with E-state index in [-0.39, 0.29) is 0 Å². The van der Waals surface area contributed by atoms with Crippen LogP contribution >= 0.6 is 0 Å². The van der Waals surface area contributed by atoms with Gasteiger partial charge in [-0.3, -0.25) is 0 Å². The largest absolute Gasteiger partial charge is 0.307 e. The lowest BCUT2D eigenvalue weighted by Gasteiger charge is -2.35. The second-order valence-corrected chi connectivity index (χ2v) is 5.54. The molecule has 14 heavy (non-hydrogen) atoms. The van der Waals surface area contributed by atoms with Crippen LogP contribution in [0.2, 0.25) is 0 Å². The second kappa shape index (κ2) is 3.49. The molecular weight excluding hydrogens is 172 g/mol. The van der Waals surface area contributed by atoms with Gasteiger partial charge in [-0.15, -0.1) is 0 Å². The van der Waals surface area contributed by atoms with Crippen molar-refractivity contribution in [2.24, 2.45) is 0 Å². The number of rotatable bonds is 2. The molecule has 0 aromatic heterocycles. The van der Waals surface area contributed by atoms with Crippen LogP contribution in [0, 0.1) is 0 Å². The van der Waals surface area contributed by atoms with E-state index in [4.69, 9.17) is 0 Å². The molecule has 0 atom stereocenters. The van der Waals surface area contributed by atoms with E-state index in [0.717, 1.165) is 6.04 Å². The fourth-order valence-corrected chi connectivity index (χ4v) is 3.64. The van der Waals surface area contributed by atoms with Crippen LogP contribution < -0.4 is 5.32 Å². The van der Waals surface area contributed by atoms with Crippen molar-refractivity contribution in [3.8, 4) is 0 Å². The highest BCUT2D eigenvalue weighted by atomic mass is 15.2. The summed E-state index contributed by atoms with van der Waals surface area (Å²) in [6.07, 6.45) is 10.1. The molecule has 0 spiro atoms. The van der Waals surface area contributed by atoms with Crippen LogP contribution in [0.15, 0.2) is 0 Å². The molecule has 0 aromatic rings. The molecule has 3 rings (SSSR count). The molecule has 0 unspecified atom stereocenters. The molecule has 1 N–H and O–H groups in total. The number of nitrogens with zero attached hydrogens (tertiary/aromatic N) is 1. The van der Waals surface area contributed by atoms with Gasteiger partial charge in [-0.1, -0.05) is 6.42 Å². The Morgan fingerprint density at radius 1 is 1.07 bits per heavy atom. The highest BCUT2D eigenvalue weighted by molar-refractivity contribution is 5.06. The van der Waals surface area contributed by atoms with Gasteiger partial charge in [-0.25, -0.2) is 0 Å². The fraction of sp³-hybridized carbons (Fsp3) is 1.00. The van der Waals surface area contributed by atoms with Gasteiger partial charge < -0.3 is 10.2 Å². The summed E-state index contributed by atoms with van der Waals surface area (Å²) in [6, 6.07) is 0.875. The van der Waals surface area contributed by atoms with Gasteiger partial charge in [0.05, 0.1) is 0 Å². The predicted molar refractivity (Wildman–Crippen MR) is 58.4 cm³/mol. The maximum absolute atomic E-state index is 3.85. The predicted octanol–water partition coefficient (Wildman–Crippen LogP) is 1.76. The summed E-state index contributed by atoms with van der Waals surface area (Å²) >= 11 is 0. The third-order valence-electron chi connectivity index (χ3n) is 4.43. The van der Waals surface area contributed by atoms with Gasteiger partial charge in [-0.05, 0) is 51.6 Å². The van der Waals surface area contributed by atoms with Crippen molar-refractivity contribution in [2.75, 3.05) is 19.6 Å². The van der Waals surface area contributed by atoms with Crippen LogP contribution in [0.4, 0.5) is 0 Å². The first-order chi connectivity index (χ1) is 6.86. The number of nitrogens with one attached hydrogen (secondary N) is 1. The lowest BCUT2D eigenvalue weighted by Crippen LogP contribution is -2.48. The minimum absolute atomic E-state index is 0.544. The second-order valence-electron chi connectivity index (χ2n) is 5.54. The van der Waals surface area contributed by atoms with Crippen LogP contribution in [0.25, 0.3) is 0 Å². The van der Waals surface area contributed by atoms with Gasteiger partial charge in [0.2, 0.25) is 0 Å². The molecule has 0 radical (unpaired) electrons. The van der Waals surface area contributed by atoms with Crippen LogP contribution in [-0.4, -0.2) is 36.1 Å². The van der Waals surface area contributed by atoms with E-state index in [1.807, 2.05) is 0 Å². The number of hydrogen-bond donors (Lipinski definition) is 1. The zero-order valence-corrected chi connectivity index (χ0v) is 9.10. The minimum atomic E-state index is 0.544. The van der Waals surface area contributed by atoms with Crippen molar-refractivity contribution in [3.05, 3.63) is 0 Å². The van der Waals surface area contributed by atoms with E-state index in [9.17, 15) is 0 Å². The van der Waals surface area contributed by atoms with Gasteiger partial charge in [-0.2, -0.15) is 0 Å². The molecule has 3 saturated heterocycles. The molecule has 2 heteroatoms. The Bertz CT molecular complexity index is 200. The molecule has 2 bridgehead atoms. The van der Waals surface area contributed by atoms with E-state index < -0.39 is 0 Å². The number of fused-ring (bicyclic) bond motifs is 2. The summed E-state index contributed by atoms with van der Waals surface area (Å²) in [4.78, 5) is 2.70. The van der Waals surface area contributed by atoms with E-state index in [2.05, 4.69) is 10.2 Å². The zero-order chi connectivity index (χ0) is 9.43. The van der Waals surface area contributed by atoms with Crippen molar-refractivity contribution in [2.45, 2.75) is 56.5 Å². The van der Waals surface area contributed by atoms with Crippen LogP contribution in [0.5, 0.6) is 0 Å². The van der Waals surface area contributed by atoms with Gasteiger partial charge in [0.15, 0.2) is 0 Å². The Kier molecular flexibility index (Phi) is 2.29. The third kappa shape index (κ3) is 1.59. The summed E-state index contributed by atoms with van der Waals surface area (Å²) in [5, 5.41) is 3.85. The monoisotopic (exact) mass is 194 g/mol. The van der Waals surface area contributed by atoms with Crippen molar-refractivity contribution in [1.29, 1.82) is 0 Å². The topological polar surface area (TPSA) is 15.3 Å². The standard InChI is InChI=1S/C12H22N2/c1-2-8-14(9-3-1)10-12-6-4-11(13-12)5-7-12/h11,13H,1-10H2. The van der Waals surface area contributed by atoms with Gasteiger partial charge in [0.25, 0.3) is 0 Å². The Labute approximate surface area is 87.0 Å². The van der Waals surface area contributed by atoms with Gasteiger partial charge in [0, 0.05) is 18.1 Å². The fourth-order valence-electron chi connectivity index (χ4n) is 3.64. The summed E-state index contributed by atoms with van der Waals surface area (Å²) in [7, 11) is 0. The quantitative estimate of drug-likeness (QED) is 0.720. The van der Waals surface area contributed by atoms with E-state index in [1.54, 1.807) is 0 Å². The average molecular weight is 194 g/mol. The molecule has 3 fully saturated rings. The summed E-state index contributed by atoms with van der Waals surface area (Å²) < 4.78 is 0. The number of likely N-dealkylation sites (tertiary alicyclic amines) is 1. The molecule has 0 amide bonds. The molecule has 3 aliphatic heterocycles. The normalized spacial score (nSPS) is 43.3. The molecule has 0 saturated carbocycles. The Morgan fingerprint density at radius 2 is 1.79 bits per heavy atom. The third-order valence-corrected chi connectivity index (χ3v) is 4.43. The SMILES string of the molecule is C1CCN(CC23CCC(CC2)N3)CC1. The Balaban J connectivity index is 1.60. The van der Waals surface area contributed by atoms with Crippen LogP contribution in [0.1, 0.15) is 44.9 Å². The summed E-state index contributed by atoms with van der Waals surface area (Å²) in [6.45, 7) is 4.05. The lowest BCUT2D eigenvalue weighted by molar-refractivity contribution is 0.168. The zero-order valence-electron chi connectivity index (χ0n) is 9.10. The summed E-state index contributed by atoms with van der Waals surface area (Å²) in [5.74, 6) is 0. The summed E-state index contributed by atoms with van der Waals surface area (Å²) in [5.41, 5.74) is 0.544.